The van der Waals surface area contributed by atoms with Gasteiger partial charge in [0.1, 0.15) is 17.1 Å². The fourth-order valence-electron chi connectivity index (χ4n) is 1.28. The Morgan fingerprint density at radius 2 is 1.84 bits per heavy atom. The quantitative estimate of drug-likeness (QED) is 0.849. The van der Waals surface area contributed by atoms with Crippen molar-refractivity contribution in [1.29, 1.82) is 0 Å². The van der Waals surface area contributed by atoms with E-state index in [0.717, 1.165) is 6.07 Å². The lowest BCUT2D eigenvalue weighted by Crippen LogP contribution is -2.27. The minimum Gasteiger partial charge on any atom is -0.444 e. The molecule has 1 aromatic rings. The van der Waals surface area contributed by atoms with Crippen molar-refractivity contribution in [3.8, 4) is 0 Å². The third-order valence-corrected chi connectivity index (χ3v) is 1.89. The van der Waals surface area contributed by atoms with Crippen LogP contribution in [0, 0.1) is 6.92 Å². The summed E-state index contributed by atoms with van der Waals surface area (Å²) < 4.78 is 42.6. The van der Waals surface area contributed by atoms with Crippen LogP contribution in [0.15, 0.2) is 12.1 Å². The zero-order valence-electron chi connectivity index (χ0n) is 11.1. The Kier molecular flexibility index (Phi) is 4.07. The lowest BCUT2D eigenvalue weighted by molar-refractivity contribution is -0.141. The number of nitrogens with zero attached hydrogens (tertiary/aromatic N) is 1. The number of amides is 1. The SMILES string of the molecule is Cc1cc(NC(=O)OC(C)(C)C)nc(C(F)(F)F)c1. The van der Waals surface area contributed by atoms with Crippen LogP contribution in [0.2, 0.25) is 0 Å². The number of anilines is 1. The van der Waals surface area contributed by atoms with Crippen LogP contribution in [0.25, 0.3) is 0 Å². The third kappa shape index (κ3) is 5.15. The molecule has 0 spiro atoms. The Balaban J connectivity index is 2.91. The summed E-state index contributed by atoms with van der Waals surface area (Å²) in [5, 5.41) is 2.18. The number of aromatic nitrogens is 1. The van der Waals surface area contributed by atoms with Crippen LogP contribution in [0.4, 0.5) is 23.8 Å². The third-order valence-electron chi connectivity index (χ3n) is 1.89. The normalized spacial score (nSPS) is 12.2. The van der Waals surface area contributed by atoms with E-state index in [2.05, 4.69) is 10.3 Å². The zero-order chi connectivity index (χ0) is 14.8. The maximum absolute atomic E-state index is 12.6. The molecular weight excluding hydrogens is 261 g/mol. The molecule has 0 fully saturated rings. The Hall–Kier alpha value is -1.79. The van der Waals surface area contributed by atoms with Crippen LogP contribution in [0.1, 0.15) is 32.0 Å². The molecule has 1 amide bonds. The lowest BCUT2D eigenvalue weighted by Gasteiger charge is -2.19. The Morgan fingerprint density at radius 1 is 1.26 bits per heavy atom. The monoisotopic (exact) mass is 276 g/mol. The predicted molar refractivity (Wildman–Crippen MR) is 63.8 cm³/mol. The molecule has 0 saturated carbocycles. The highest BCUT2D eigenvalue weighted by atomic mass is 19.4. The molecule has 0 aliphatic carbocycles. The van der Waals surface area contributed by atoms with Gasteiger partial charge in [-0.1, -0.05) is 0 Å². The van der Waals surface area contributed by atoms with E-state index in [1.807, 2.05) is 0 Å². The largest absolute Gasteiger partial charge is 0.444 e. The number of pyridine rings is 1. The first-order chi connectivity index (χ1) is 8.47. The molecule has 0 saturated heterocycles. The van der Waals surface area contributed by atoms with Crippen LogP contribution in [0.5, 0.6) is 0 Å². The van der Waals surface area contributed by atoms with Crippen LogP contribution < -0.4 is 5.32 Å². The number of nitrogens with one attached hydrogen (secondary N) is 1. The number of carbonyl (C=O) groups is 1. The Bertz CT molecular complexity index is 479. The molecule has 0 bridgehead atoms. The molecule has 0 unspecified atom stereocenters. The van der Waals surface area contributed by atoms with Gasteiger partial charge >= 0.3 is 12.3 Å². The number of halogens is 3. The van der Waals surface area contributed by atoms with Crippen molar-refractivity contribution < 1.29 is 22.7 Å². The molecule has 0 atom stereocenters. The summed E-state index contributed by atoms with van der Waals surface area (Å²) in [7, 11) is 0. The van der Waals surface area contributed by atoms with E-state index in [-0.39, 0.29) is 5.82 Å². The zero-order valence-corrected chi connectivity index (χ0v) is 11.1. The van der Waals surface area contributed by atoms with E-state index in [1.54, 1.807) is 20.8 Å². The molecule has 19 heavy (non-hydrogen) atoms. The van der Waals surface area contributed by atoms with Gasteiger partial charge in [0.2, 0.25) is 0 Å². The summed E-state index contributed by atoms with van der Waals surface area (Å²) >= 11 is 0. The number of alkyl halides is 3. The molecule has 0 aromatic carbocycles. The van der Waals surface area contributed by atoms with Gasteiger partial charge in [-0.2, -0.15) is 13.2 Å². The second-order valence-electron chi connectivity index (χ2n) is 5.04. The van der Waals surface area contributed by atoms with Gasteiger partial charge in [0, 0.05) is 0 Å². The van der Waals surface area contributed by atoms with Crippen molar-refractivity contribution >= 4 is 11.9 Å². The number of carbonyl (C=O) groups excluding carboxylic acids is 1. The van der Waals surface area contributed by atoms with Crippen molar-refractivity contribution in [3.05, 3.63) is 23.4 Å². The molecule has 1 aromatic heterocycles. The summed E-state index contributed by atoms with van der Waals surface area (Å²) in [5.74, 6) is -0.193. The van der Waals surface area contributed by atoms with Gasteiger partial charge in [-0.3, -0.25) is 5.32 Å². The molecule has 1 N–H and O–H groups in total. The highest BCUT2D eigenvalue weighted by Crippen LogP contribution is 2.29. The van der Waals surface area contributed by atoms with E-state index in [0.29, 0.717) is 5.56 Å². The Labute approximate surface area is 109 Å². The Morgan fingerprint density at radius 3 is 2.32 bits per heavy atom. The second kappa shape index (κ2) is 5.07. The summed E-state index contributed by atoms with van der Waals surface area (Å²) in [6.45, 7) is 6.43. The fraction of sp³-hybridized carbons (Fsp3) is 0.500. The minimum absolute atomic E-state index is 0.193. The smallest absolute Gasteiger partial charge is 0.433 e. The summed E-state index contributed by atoms with van der Waals surface area (Å²) in [6.07, 6.45) is -5.41. The molecule has 1 rings (SSSR count). The van der Waals surface area contributed by atoms with Crippen molar-refractivity contribution in [1.82, 2.24) is 4.98 Å². The van der Waals surface area contributed by atoms with E-state index in [1.165, 1.54) is 13.0 Å². The highest BCUT2D eigenvalue weighted by molar-refractivity contribution is 5.83. The van der Waals surface area contributed by atoms with Crippen molar-refractivity contribution in [3.63, 3.8) is 0 Å². The number of hydrogen-bond acceptors (Lipinski definition) is 3. The molecule has 4 nitrogen and oxygen atoms in total. The maximum atomic E-state index is 12.6. The second-order valence-corrected chi connectivity index (χ2v) is 5.04. The van der Waals surface area contributed by atoms with Gasteiger partial charge in [-0.05, 0) is 45.4 Å². The first-order valence-corrected chi connectivity index (χ1v) is 5.53. The van der Waals surface area contributed by atoms with Gasteiger partial charge in [-0.25, -0.2) is 9.78 Å². The predicted octanol–water partition coefficient (Wildman–Crippen LogP) is 3.76. The highest BCUT2D eigenvalue weighted by Gasteiger charge is 2.33. The lowest BCUT2D eigenvalue weighted by atomic mass is 10.2. The topological polar surface area (TPSA) is 51.2 Å². The summed E-state index contributed by atoms with van der Waals surface area (Å²) in [4.78, 5) is 14.8. The average molecular weight is 276 g/mol. The molecule has 106 valence electrons. The molecule has 0 aliphatic heterocycles. The van der Waals surface area contributed by atoms with Crippen LogP contribution in [-0.4, -0.2) is 16.7 Å². The van der Waals surface area contributed by atoms with Crippen LogP contribution in [0.3, 0.4) is 0 Å². The van der Waals surface area contributed by atoms with E-state index in [9.17, 15) is 18.0 Å². The van der Waals surface area contributed by atoms with E-state index >= 15 is 0 Å². The number of rotatable bonds is 1. The van der Waals surface area contributed by atoms with E-state index in [4.69, 9.17) is 4.74 Å². The fourth-order valence-corrected chi connectivity index (χ4v) is 1.28. The number of hydrogen-bond donors (Lipinski definition) is 1. The van der Waals surface area contributed by atoms with Crippen molar-refractivity contribution in [2.24, 2.45) is 0 Å². The molecule has 1 heterocycles. The summed E-state index contributed by atoms with van der Waals surface area (Å²) in [5.41, 5.74) is -1.45. The minimum atomic E-state index is -4.56. The molecule has 7 heteroatoms. The van der Waals surface area contributed by atoms with Gasteiger partial charge in [0.05, 0.1) is 0 Å². The van der Waals surface area contributed by atoms with Crippen molar-refractivity contribution in [2.75, 3.05) is 5.32 Å². The number of aryl methyl sites for hydroxylation is 1. The first-order valence-electron chi connectivity index (χ1n) is 5.53. The standard InChI is InChI=1S/C12H15F3N2O2/c1-7-5-8(12(13,14)15)16-9(6-7)17-10(18)19-11(2,3)4/h5-6H,1-4H3,(H,16,17,18). The van der Waals surface area contributed by atoms with Crippen LogP contribution >= 0.6 is 0 Å². The molecule has 0 radical (unpaired) electrons. The molecular formula is C12H15F3N2O2. The summed E-state index contributed by atoms with van der Waals surface area (Å²) in [6, 6.07) is 2.24. The molecule has 0 aliphatic rings. The van der Waals surface area contributed by atoms with E-state index < -0.39 is 23.6 Å². The van der Waals surface area contributed by atoms with Gasteiger partial charge in [0.15, 0.2) is 0 Å². The first kappa shape index (κ1) is 15.3. The average Bonchev–Trinajstić information content (AvgIpc) is 2.11. The van der Waals surface area contributed by atoms with Gasteiger partial charge in [0.25, 0.3) is 0 Å². The number of ether oxygens (including phenoxy) is 1. The van der Waals surface area contributed by atoms with Crippen molar-refractivity contribution in [2.45, 2.75) is 39.5 Å². The van der Waals surface area contributed by atoms with Crippen LogP contribution in [-0.2, 0) is 10.9 Å². The van der Waals surface area contributed by atoms with Gasteiger partial charge < -0.3 is 4.74 Å². The van der Waals surface area contributed by atoms with Gasteiger partial charge in [-0.15, -0.1) is 0 Å². The maximum Gasteiger partial charge on any atom is 0.433 e.